The predicted molar refractivity (Wildman–Crippen MR) is 90.4 cm³/mol. The number of nitrogens with one attached hydrogen (secondary N) is 1. The lowest BCUT2D eigenvalue weighted by molar-refractivity contribution is -0.130. The Hall–Kier alpha value is -1.43. The van der Waals surface area contributed by atoms with Crippen LogP contribution in [-0.2, 0) is 16.0 Å². The molecule has 2 aliphatic rings. The molecule has 5 nitrogen and oxygen atoms in total. The molecule has 0 spiro atoms. The highest BCUT2D eigenvalue weighted by molar-refractivity contribution is 7.09. The van der Waals surface area contributed by atoms with Crippen molar-refractivity contribution in [3.8, 4) is 0 Å². The largest absolute Gasteiger partial charge is 0.355 e. The van der Waals surface area contributed by atoms with Gasteiger partial charge in [-0.1, -0.05) is 6.42 Å². The van der Waals surface area contributed by atoms with Crippen molar-refractivity contribution < 1.29 is 9.59 Å². The van der Waals surface area contributed by atoms with Crippen molar-refractivity contribution >= 4 is 23.2 Å². The Labute approximate surface area is 141 Å². The standard InChI is InChI=1S/C17H25N3O2S/c1-12(21)20-9-3-6-14(10-20)17-19-15(11-23-17)7-8-18-16(22)13-4-2-5-13/h11,13-14H,2-10H2,1H3,(H,18,22)/t14-/m0/s1. The number of aromatic nitrogens is 1. The first-order chi connectivity index (χ1) is 11.1. The zero-order valence-corrected chi connectivity index (χ0v) is 14.5. The third-order valence-corrected chi connectivity index (χ3v) is 6.00. The van der Waals surface area contributed by atoms with Crippen LogP contribution in [0, 0.1) is 5.92 Å². The van der Waals surface area contributed by atoms with Gasteiger partial charge in [-0.05, 0) is 25.7 Å². The fraction of sp³-hybridized carbons (Fsp3) is 0.706. The number of carbonyl (C=O) groups excluding carboxylic acids is 2. The molecule has 1 aliphatic heterocycles. The molecule has 2 fully saturated rings. The summed E-state index contributed by atoms with van der Waals surface area (Å²) in [6.07, 6.45) is 6.22. The van der Waals surface area contributed by atoms with Crippen LogP contribution in [0.25, 0.3) is 0 Å². The Morgan fingerprint density at radius 3 is 2.87 bits per heavy atom. The van der Waals surface area contributed by atoms with Crippen LogP contribution in [0.3, 0.4) is 0 Å². The molecule has 0 aromatic carbocycles. The second kappa shape index (κ2) is 7.43. The Morgan fingerprint density at radius 2 is 2.17 bits per heavy atom. The van der Waals surface area contributed by atoms with Gasteiger partial charge in [0, 0.05) is 50.2 Å². The molecule has 0 unspecified atom stereocenters. The maximum atomic E-state index is 11.8. The van der Waals surface area contributed by atoms with Crippen LogP contribution in [0.2, 0.25) is 0 Å². The highest BCUT2D eigenvalue weighted by Gasteiger charge is 2.26. The average Bonchev–Trinajstić information content (AvgIpc) is 2.94. The minimum Gasteiger partial charge on any atom is -0.355 e. The highest BCUT2D eigenvalue weighted by Crippen LogP contribution is 2.29. The van der Waals surface area contributed by atoms with Gasteiger partial charge in [-0.3, -0.25) is 9.59 Å². The molecule has 1 saturated carbocycles. The number of piperidine rings is 1. The monoisotopic (exact) mass is 335 g/mol. The predicted octanol–water partition coefficient (Wildman–Crippen LogP) is 2.33. The van der Waals surface area contributed by atoms with Crippen LogP contribution in [0.1, 0.15) is 55.6 Å². The second-order valence-corrected chi connectivity index (χ2v) is 7.54. The SMILES string of the molecule is CC(=O)N1CCC[C@H](c2nc(CCNC(=O)C3CCC3)cs2)C1. The van der Waals surface area contributed by atoms with Crippen LogP contribution in [-0.4, -0.2) is 41.3 Å². The van der Waals surface area contributed by atoms with Gasteiger partial charge in [0.1, 0.15) is 0 Å². The highest BCUT2D eigenvalue weighted by atomic mass is 32.1. The van der Waals surface area contributed by atoms with Gasteiger partial charge in [0.05, 0.1) is 10.7 Å². The Bertz CT molecular complexity index is 568. The third kappa shape index (κ3) is 4.10. The lowest BCUT2D eigenvalue weighted by Gasteiger charge is -2.30. The summed E-state index contributed by atoms with van der Waals surface area (Å²) < 4.78 is 0. The summed E-state index contributed by atoms with van der Waals surface area (Å²) in [5.41, 5.74) is 1.05. The Morgan fingerprint density at radius 1 is 1.35 bits per heavy atom. The van der Waals surface area contributed by atoms with Crippen LogP contribution in [0.5, 0.6) is 0 Å². The van der Waals surface area contributed by atoms with Crippen LogP contribution < -0.4 is 5.32 Å². The molecule has 1 aromatic heterocycles. The molecular formula is C17H25N3O2S. The molecule has 1 atom stereocenters. The van der Waals surface area contributed by atoms with E-state index in [0.717, 1.165) is 55.9 Å². The molecule has 1 N–H and O–H groups in total. The van der Waals surface area contributed by atoms with Crippen LogP contribution in [0.4, 0.5) is 0 Å². The third-order valence-electron chi connectivity index (χ3n) is 4.94. The van der Waals surface area contributed by atoms with Crippen LogP contribution >= 0.6 is 11.3 Å². The summed E-state index contributed by atoms with van der Waals surface area (Å²) in [5.74, 6) is 0.984. The van der Waals surface area contributed by atoms with Crippen molar-refractivity contribution in [2.75, 3.05) is 19.6 Å². The van der Waals surface area contributed by atoms with E-state index in [4.69, 9.17) is 4.98 Å². The Balaban J connectivity index is 1.47. The molecule has 3 rings (SSSR count). The molecule has 23 heavy (non-hydrogen) atoms. The molecule has 126 valence electrons. The minimum absolute atomic E-state index is 0.158. The summed E-state index contributed by atoms with van der Waals surface area (Å²) in [5, 5.41) is 6.25. The quantitative estimate of drug-likeness (QED) is 0.898. The smallest absolute Gasteiger partial charge is 0.223 e. The summed E-state index contributed by atoms with van der Waals surface area (Å²) in [4.78, 5) is 30.0. The molecule has 0 bridgehead atoms. The molecule has 2 heterocycles. The van der Waals surface area contributed by atoms with E-state index in [1.807, 2.05) is 4.90 Å². The molecule has 0 radical (unpaired) electrons. The summed E-state index contributed by atoms with van der Waals surface area (Å²) in [6, 6.07) is 0. The maximum absolute atomic E-state index is 11.8. The van der Waals surface area contributed by atoms with Gasteiger partial charge >= 0.3 is 0 Å². The molecule has 1 aromatic rings. The van der Waals surface area contributed by atoms with Crippen molar-refractivity contribution in [1.82, 2.24) is 15.2 Å². The number of rotatable bonds is 5. The summed E-state index contributed by atoms with van der Waals surface area (Å²) >= 11 is 1.69. The van der Waals surface area contributed by atoms with Crippen molar-refractivity contribution in [2.24, 2.45) is 5.92 Å². The average molecular weight is 335 g/mol. The zero-order chi connectivity index (χ0) is 16.2. The van der Waals surface area contributed by atoms with Gasteiger partial charge in [0.25, 0.3) is 0 Å². The lowest BCUT2D eigenvalue weighted by Crippen LogP contribution is -2.37. The molecular weight excluding hydrogens is 310 g/mol. The first-order valence-corrected chi connectivity index (χ1v) is 9.49. The topological polar surface area (TPSA) is 62.3 Å². The molecule has 1 aliphatic carbocycles. The van der Waals surface area contributed by atoms with E-state index in [1.165, 1.54) is 6.42 Å². The van der Waals surface area contributed by atoms with Gasteiger partial charge in [-0.2, -0.15) is 0 Å². The summed E-state index contributed by atoms with van der Waals surface area (Å²) in [6.45, 7) is 3.97. The van der Waals surface area contributed by atoms with Gasteiger partial charge in [0.2, 0.25) is 11.8 Å². The maximum Gasteiger partial charge on any atom is 0.223 e. The number of amides is 2. The fourth-order valence-corrected chi connectivity index (χ4v) is 4.20. The first-order valence-electron chi connectivity index (χ1n) is 8.61. The van der Waals surface area contributed by atoms with Crippen LogP contribution in [0.15, 0.2) is 5.38 Å². The van der Waals surface area contributed by atoms with Crippen molar-refractivity contribution in [3.05, 3.63) is 16.1 Å². The number of likely N-dealkylation sites (tertiary alicyclic amines) is 1. The van der Waals surface area contributed by atoms with Gasteiger partial charge < -0.3 is 10.2 Å². The second-order valence-electron chi connectivity index (χ2n) is 6.65. The van der Waals surface area contributed by atoms with E-state index in [2.05, 4.69) is 10.7 Å². The van der Waals surface area contributed by atoms with E-state index >= 15 is 0 Å². The molecule has 2 amide bonds. The van der Waals surface area contributed by atoms with Crippen molar-refractivity contribution in [3.63, 3.8) is 0 Å². The van der Waals surface area contributed by atoms with E-state index < -0.39 is 0 Å². The van der Waals surface area contributed by atoms with E-state index in [1.54, 1.807) is 18.3 Å². The van der Waals surface area contributed by atoms with Gasteiger partial charge in [0.15, 0.2) is 0 Å². The van der Waals surface area contributed by atoms with Crippen molar-refractivity contribution in [1.29, 1.82) is 0 Å². The molecule has 6 heteroatoms. The summed E-state index contributed by atoms with van der Waals surface area (Å²) in [7, 11) is 0. The van der Waals surface area contributed by atoms with Gasteiger partial charge in [-0.25, -0.2) is 4.98 Å². The van der Waals surface area contributed by atoms with Gasteiger partial charge in [-0.15, -0.1) is 11.3 Å². The number of thiazole rings is 1. The number of hydrogen-bond acceptors (Lipinski definition) is 4. The normalized spacial score (nSPS) is 21.8. The van der Waals surface area contributed by atoms with E-state index in [9.17, 15) is 9.59 Å². The zero-order valence-electron chi connectivity index (χ0n) is 13.7. The van der Waals surface area contributed by atoms with Crippen molar-refractivity contribution in [2.45, 2.75) is 51.4 Å². The Kier molecular flexibility index (Phi) is 5.30. The number of hydrogen-bond donors (Lipinski definition) is 1. The van der Waals surface area contributed by atoms with E-state index in [-0.39, 0.29) is 17.7 Å². The number of nitrogens with zero attached hydrogens (tertiary/aromatic N) is 2. The van der Waals surface area contributed by atoms with E-state index in [0.29, 0.717) is 12.5 Å². The number of carbonyl (C=O) groups is 2. The first kappa shape index (κ1) is 16.4. The fourth-order valence-electron chi connectivity index (χ4n) is 3.22. The minimum atomic E-state index is 0.158. The molecule has 1 saturated heterocycles. The lowest BCUT2D eigenvalue weighted by atomic mass is 9.85.